The number of nitrogens with one attached hydrogen (secondary N) is 1. The van der Waals surface area contributed by atoms with Crippen molar-refractivity contribution in [1.82, 2.24) is 19.7 Å². The highest BCUT2D eigenvalue weighted by atomic mass is 16.5. The van der Waals surface area contributed by atoms with E-state index >= 15 is 0 Å². The number of hydrogen-bond acceptors (Lipinski definition) is 7. The topological polar surface area (TPSA) is 91.2 Å². The van der Waals surface area contributed by atoms with Crippen LogP contribution in [0.25, 0.3) is 16.7 Å². The van der Waals surface area contributed by atoms with Crippen LogP contribution in [0.3, 0.4) is 0 Å². The number of fused-ring (bicyclic) bond motifs is 1. The molecule has 2 aromatic heterocycles. The molecule has 4 rings (SSSR count). The zero-order valence-corrected chi connectivity index (χ0v) is 13.9. The number of benzene rings is 1. The zero-order chi connectivity index (χ0) is 17.4. The summed E-state index contributed by atoms with van der Waals surface area (Å²) in [6.07, 6.45) is 3.63. The van der Waals surface area contributed by atoms with Gasteiger partial charge < -0.3 is 14.8 Å². The first kappa shape index (κ1) is 15.4. The van der Waals surface area contributed by atoms with Crippen LogP contribution >= 0.6 is 0 Å². The first-order valence-corrected chi connectivity index (χ1v) is 7.94. The standard InChI is InChI=1S/C17H17N5O3/c1-24-12-5-3-4-11(8-12)22-15(17(23)25-2)13-14(21-22)16(19-9-18-13)20-10-6-7-10/h3-5,8-10H,6-7H2,1-2H3,(H,18,19,20). The Morgan fingerprint density at radius 3 is 2.80 bits per heavy atom. The van der Waals surface area contributed by atoms with Crippen LogP contribution in [-0.2, 0) is 4.74 Å². The third-order valence-electron chi connectivity index (χ3n) is 4.05. The molecule has 3 aromatic rings. The lowest BCUT2D eigenvalue weighted by molar-refractivity contribution is 0.0592. The first-order valence-electron chi connectivity index (χ1n) is 7.94. The second-order valence-electron chi connectivity index (χ2n) is 5.79. The molecule has 1 aliphatic carbocycles. The van der Waals surface area contributed by atoms with Gasteiger partial charge in [-0.05, 0) is 25.0 Å². The Balaban J connectivity index is 1.93. The molecule has 1 fully saturated rings. The van der Waals surface area contributed by atoms with Gasteiger partial charge in [-0.1, -0.05) is 6.07 Å². The van der Waals surface area contributed by atoms with E-state index in [2.05, 4.69) is 20.4 Å². The summed E-state index contributed by atoms with van der Waals surface area (Å²) >= 11 is 0. The van der Waals surface area contributed by atoms with Gasteiger partial charge in [0.25, 0.3) is 0 Å². The number of ether oxygens (including phenoxy) is 2. The van der Waals surface area contributed by atoms with Crippen molar-refractivity contribution in [3.63, 3.8) is 0 Å². The quantitative estimate of drug-likeness (QED) is 0.712. The summed E-state index contributed by atoms with van der Waals surface area (Å²) in [6.45, 7) is 0. The molecule has 0 atom stereocenters. The molecule has 8 nitrogen and oxygen atoms in total. The summed E-state index contributed by atoms with van der Waals surface area (Å²) in [6, 6.07) is 7.69. The molecule has 0 bridgehead atoms. The average molecular weight is 339 g/mol. The van der Waals surface area contributed by atoms with Crippen LogP contribution in [0, 0.1) is 0 Å². The summed E-state index contributed by atoms with van der Waals surface area (Å²) in [7, 11) is 2.92. The smallest absolute Gasteiger partial charge is 0.359 e. The Morgan fingerprint density at radius 2 is 2.08 bits per heavy atom. The number of methoxy groups -OCH3 is 2. The molecule has 0 saturated heterocycles. The number of nitrogens with zero attached hydrogens (tertiary/aromatic N) is 4. The summed E-state index contributed by atoms with van der Waals surface area (Å²) in [5.41, 5.74) is 1.92. The molecule has 1 aromatic carbocycles. The van der Waals surface area contributed by atoms with E-state index in [1.807, 2.05) is 18.2 Å². The predicted octanol–water partition coefficient (Wildman–Crippen LogP) is 2.18. The van der Waals surface area contributed by atoms with Crippen molar-refractivity contribution in [2.45, 2.75) is 18.9 Å². The lowest BCUT2D eigenvalue weighted by Gasteiger charge is -2.07. The van der Waals surface area contributed by atoms with Gasteiger partial charge >= 0.3 is 5.97 Å². The highest BCUT2D eigenvalue weighted by molar-refractivity contribution is 6.03. The molecule has 2 heterocycles. The van der Waals surface area contributed by atoms with E-state index in [1.165, 1.54) is 18.1 Å². The molecule has 1 N–H and O–H groups in total. The molecule has 25 heavy (non-hydrogen) atoms. The fourth-order valence-electron chi connectivity index (χ4n) is 2.63. The van der Waals surface area contributed by atoms with Gasteiger partial charge in [0, 0.05) is 12.1 Å². The lowest BCUT2D eigenvalue weighted by Crippen LogP contribution is -2.11. The van der Waals surface area contributed by atoms with Gasteiger partial charge in [-0.15, -0.1) is 0 Å². The van der Waals surface area contributed by atoms with Crippen molar-refractivity contribution in [2.24, 2.45) is 0 Å². The average Bonchev–Trinajstić information content (AvgIpc) is 3.38. The minimum atomic E-state index is -0.513. The van der Waals surface area contributed by atoms with E-state index in [0.29, 0.717) is 34.3 Å². The summed E-state index contributed by atoms with van der Waals surface area (Å²) < 4.78 is 11.7. The highest BCUT2D eigenvalue weighted by Crippen LogP contribution is 2.30. The second-order valence-corrected chi connectivity index (χ2v) is 5.79. The van der Waals surface area contributed by atoms with Crippen molar-refractivity contribution in [1.29, 1.82) is 0 Å². The molecule has 8 heteroatoms. The molecule has 1 saturated carbocycles. The van der Waals surface area contributed by atoms with Crippen molar-refractivity contribution >= 4 is 22.8 Å². The van der Waals surface area contributed by atoms with Crippen LogP contribution in [0.4, 0.5) is 5.82 Å². The number of anilines is 1. The summed E-state index contributed by atoms with van der Waals surface area (Å²) in [4.78, 5) is 20.9. The Kier molecular flexibility index (Phi) is 3.72. The van der Waals surface area contributed by atoms with Crippen LogP contribution < -0.4 is 10.1 Å². The Bertz CT molecular complexity index is 949. The molecule has 0 spiro atoms. The fraction of sp³-hybridized carbons (Fsp3) is 0.294. The molecule has 0 amide bonds. The van der Waals surface area contributed by atoms with Gasteiger partial charge in [0.2, 0.25) is 0 Å². The molecule has 1 aliphatic rings. The maximum Gasteiger partial charge on any atom is 0.359 e. The van der Waals surface area contributed by atoms with E-state index in [4.69, 9.17) is 9.47 Å². The predicted molar refractivity (Wildman–Crippen MR) is 91.2 cm³/mol. The maximum absolute atomic E-state index is 12.4. The van der Waals surface area contributed by atoms with Gasteiger partial charge in [-0.25, -0.2) is 19.4 Å². The molecular formula is C17H17N5O3. The van der Waals surface area contributed by atoms with Gasteiger partial charge in [0.1, 0.15) is 17.6 Å². The molecular weight excluding hydrogens is 322 g/mol. The normalized spacial score (nSPS) is 13.7. The number of esters is 1. The molecule has 0 radical (unpaired) electrons. The molecule has 128 valence electrons. The van der Waals surface area contributed by atoms with Gasteiger partial charge in [-0.3, -0.25) is 0 Å². The van der Waals surface area contributed by atoms with E-state index in [9.17, 15) is 4.79 Å². The van der Waals surface area contributed by atoms with E-state index in [1.54, 1.807) is 13.2 Å². The van der Waals surface area contributed by atoms with Crippen molar-refractivity contribution in [2.75, 3.05) is 19.5 Å². The number of hydrogen-bond donors (Lipinski definition) is 1. The van der Waals surface area contributed by atoms with Crippen LogP contribution in [0.15, 0.2) is 30.6 Å². The van der Waals surface area contributed by atoms with Crippen LogP contribution in [0.5, 0.6) is 5.75 Å². The monoisotopic (exact) mass is 339 g/mol. The van der Waals surface area contributed by atoms with Crippen LogP contribution in [0.2, 0.25) is 0 Å². The Morgan fingerprint density at radius 1 is 1.24 bits per heavy atom. The SMILES string of the molecule is COC(=O)c1c2ncnc(NC3CC3)c2nn1-c1cccc(OC)c1. The van der Waals surface area contributed by atoms with E-state index < -0.39 is 5.97 Å². The number of rotatable bonds is 5. The van der Waals surface area contributed by atoms with E-state index in [-0.39, 0.29) is 5.69 Å². The Hall–Kier alpha value is -3.16. The third kappa shape index (κ3) is 2.75. The van der Waals surface area contributed by atoms with Gasteiger partial charge in [0.05, 0.1) is 19.9 Å². The first-order chi connectivity index (χ1) is 12.2. The number of aromatic nitrogens is 4. The van der Waals surface area contributed by atoms with Crippen LogP contribution in [-0.4, -0.2) is 46.0 Å². The van der Waals surface area contributed by atoms with Gasteiger partial charge in [-0.2, -0.15) is 5.10 Å². The minimum Gasteiger partial charge on any atom is -0.497 e. The fourth-order valence-corrected chi connectivity index (χ4v) is 2.63. The van der Waals surface area contributed by atoms with E-state index in [0.717, 1.165) is 12.8 Å². The third-order valence-corrected chi connectivity index (χ3v) is 4.05. The Labute approximate surface area is 143 Å². The second kappa shape index (κ2) is 6.04. The summed E-state index contributed by atoms with van der Waals surface area (Å²) in [5.74, 6) is 0.774. The number of carbonyl (C=O) groups excluding carboxylic acids is 1. The minimum absolute atomic E-state index is 0.256. The van der Waals surface area contributed by atoms with Gasteiger partial charge in [0.15, 0.2) is 17.0 Å². The van der Waals surface area contributed by atoms with Crippen LogP contribution in [0.1, 0.15) is 23.3 Å². The summed E-state index contributed by atoms with van der Waals surface area (Å²) in [5, 5.41) is 7.91. The molecule has 0 unspecified atom stereocenters. The number of carbonyl (C=O) groups is 1. The van der Waals surface area contributed by atoms with Crippen molar-refractivity contribution in [3.05, 3.63) is 36.3 Å². The molecule has 0 aliphatic heterocycles. The van der Waals surface area contributed by atoms with Crippen molar-refractivity contribution in [3.8, 4) is 11.4 Å². The van der Waals surface area contributed by atoms with Crippen molar-refractivity contribution < 1.29 is 14.3 Å². The largest absolute Gasteiger partial charge is 0.497 e. The lowest BCUT2D eigenvalue weighted by atomic mass is 10.2. The maximum atomic E-state index is 12.4. The zero-order valence-electron chi connectivity index (χ0n) is 13.9. The highest BCUT2D eigenvalue weighted by Gasteiger charge is 2.27.